The van der Waals surface area contributed by atoms with Gasteiger partial charge in [-0.2, -0.15) is 0 Å². The molecule has 4 aliphatic carbocycles. The molecular formula is C26H32O3. The number of hydrogen-bond acceptors (Lipinski definition) is 2. The smallest absolute Gasteiger partial charge is 0.328 e. The molecule has 4 aliphatic rings. The zero-order chi connectivity index (χ0) is 20.6. The molecule has 1 aromatic rings. The molecule has 0 atom stereocenters. The maximum Gasteiger partial charge on any atom is 0.328 e. The van der Waals surface area contributed by atoms with Gasteiger partial charge in [-0.25, -0.2) is 4.79 Å². The molecular weight excluding hydrogens is 360 g/mol. The Bertz CT molecular complexity index is 852. The van der Waals surface area contributed by atoms with Crippen LogP contribution in [0.1, 0.15) is 63.5 Å². The number of methoxy groups -OCH3 is 1. The van der Waals surface area contributed by atoms with Crippen molar-refractivity contribution >= 4 is 11.5 Å². The molecule has 3 heteroatoms. The zero-order valence-corrected chi connectivity index (χ0v) is 17.8. The van der Waals surface area contributed by atoms with E-state index in [0.29, 0.717) is 5.41 Å². The van der Waals surface area contributed by atoms with Gasteiger partial charge < -0.3 is 9.84 Å². The molecule has 1 N–H and O–H groups in total. The van der Waals surface area contributed by atoms with Crippen molar-refractivity contribution in [1.29, 1.82) is 0 Å². The van der Waals surface area contributed by atoms with Gasteiger partial charge in [-0.3, -0.25) is 0 Å². The Balaban J connectivity index is 1.58. The number of carbonyl (C=O) groups is 1. The van der Waals surface area contributed by atoms with Gasteiger partial charge in [0.1, 0.15) is 5.75 Å². The number of ether oxygens (including phenoxy) is 1. The fraction of sp³-hybridized carbons (Fsp3) is 0.500. The van der Waals surface area contributed by atoms with Gasteiger partial charge in [-0.1, -0.05) is 30.4 Å². The first-order valence-corrected chi connectivity index (χ1v) is 10.8. The summed E-state index contributed by atoms with van der Waals surface area (Å²) in [4.78, 5) is 10.7. The lowest BCUT2D eigenvalue weighted by molar-refractivity contribution is -0.131. The summed E-state index contributed by atoms with van der Waals surface area (Å²) in [7, 11) is 1.79. The Kier molecular flexibility index (Phi) is 5.42. The van der Waals surface area contributed by atoms with Gasteiger partial charge in [0.05, 0.1) is 7.11 Å². The van der Waals surface area contributed by atoms with Gasteiger partial charge >= 0.3 is 5.97 Å². The van der Waals surface area contributed by atoms with E-state index in [9.17, 15) is 4.79 Å². The largest absolute Gasteiger partial charge is 0.496 e. The van der Waals surface area contributed by atoms with Crippen LogP contribution in [0.3, 0.4) is 0 Å². The Morgan fingerprint density at radius 2 is 1.72 bits per heavy atom. The van der Waals surface area contributed by atoms with Gasteiger partial charge in [0.25, 0.3) is 0 Å². The van der Waals surface area contributed by atoms with Crippen LogP contribution in [-0.4, -0.2) is 18.2 Å². The SMILES string of the molecule is COc1cc(/C(C)=C/C=C/C(C)=C/C(=O)O)ccc1C12CC3CC(CC(C3)C1)C2. The molecule has 4 fully saturated rings. The number of carboxylic acids is 1. The molecule has 5 rings (SSSR count). The van der Waals surface area contributed by atoms with E-state index in [4.69, 9.17) is 9.84 Å². The summed E-state index contributed by atoms with van der Waals surface area (Å²) in [5.41, 5.74) is 4.76. The predicted molar refractivity (Wildman–Crippen MR) is 117 cm³/mol. The molecule has 0 amide bonds. The van der Waals surface area contributed by atoms with Crippen molar-refractivity contribution in [3.63, 3.8) is 0 Å². The third-order valence-corrected chi connectivity index (χ3v) is 7.32. The monoisotopic (exact) mass is 392 g/mol. The Labute approximate surface area is 174 Å². The van der Waals surface area contributed by atoms with E-state index in [-0.39, 0.29) is 0 Å². The number of hydrogen-bond donors (Lipinski definition) is 1. The summed E-state index contributed by atoms with van der Waals surface area (Å²) < 4.78 is 5.89. The molecule has 0 spiro atoms. The quantitative estimate of drug-likeness (QED) is 0.466. The Morgan fingerprint density at radius 3 is 2.28 bits per heavy atom. The summed E-state index contributed by atoms with van der Waals surface area (Å²) in [6, 6.07) is 6.74. The van der Waals surface area contributed by atoms with Crippen molar-refractivity contribution < 1.29 is 14.6 Å². The van der Waals surface area contributed by atoms with Crippen molar-refractivity contribution in [3.8, 4) is 5.75 Å². The minimum Gasteiger partial charge on any atom is -0.496 e. The van der Waals surface area contributed by atoms with Crippen LogP contribution in [0.25, 0.3) is 5.57 Å². The number of rotatable bonds is 6. The third kappa shape index (κ3) is 4.05. The Morgan fingerprint density at radius 1 is 1.10 bits per heavy atom. The number of aliphatic carboxylic acids is 1. The lowest BCUT2D eigenvalue weighted by Crippen LogP contribution is -2.48. The average molecular weight is 393 g/mol. The number of benzene rings is 1. The minimum absolute atomic E-state index is 0.328. The third-order valence-electron chi connectivity index (χ3n) is 7.32. The van der Waals surface area contributed by atoms with E-state index >= 15 is 0 Å². The highest BCUT2D eigenvalue weighted by Crippen LogP contribution is 2.61. The summed E-state index contributed by atoms with van der Waals surface area (Å²) in [6.07, 6.45) is 15.3. The van der Waals surface area contributed by atoms with Crippen molar-refractivity contribution in [1.82, 2.24) is 0 Å². The standard InChI is InChI=1S/C26H32O3/c1-17(9-25(27)28)5-4-6-18(2)22-7-8-23(24(13-22)29-3)26-14-19-10-20(15-26)12-21(11-19)16-26/h4-9,13,19-21H,10-12,14-16H2,1-3H3,(H,27,28)/b5-4+,17-9+,18-6+. The minimum atomic E-state index is -0.919. The molecule has 0 heterocycles. The molecule has 4 saturated carbocycles. The van der Waals surface area contributed by atoms with E-state index in [2.05, 4.69) is 25.1 Å². The first-order valence-electron chi connectivity index (χ1n) is 10.8. The average Bonchev–Trinajstić information content (AvgIpc) is 2.65. The van der Waals surface area contributed by atoms with Gasteiger partial charge in [0, 0.05) is 11.6 Å². The molecule has 0 aromatic heterocycles. The zero-order valence-electron chi connectivity index (χ0n) is 17.8. The van der Waals surface area contributed by atoms with E-state index in [1.165, 1.54) is 50.2 Å². The lowest BCUT2D eigenvalue weighted by atomic mass is 9.48. The van der Waals surface area contributed by atoms with Crippen molar-refractivity contribution in [2.45, 2.75) is 57.8 Å². The van der Waals surface area contributed by atoms with Crippen LogP contribution in [0.4, 0.5) is 0 Å². The second-order valence-electron chi connectivity index (χ2n) is 9.55. The molecule has 3 nitrogen and oxygen atoms in total. The van der Waals surface area contributed by atoms with Crippen LogP contribution in [0.5, 0.6) is 5.75 Å². The summed E-state index contributed by atoms with van der Waals surface area (Å²) in [5, 5.41) is 8.80. The number of allylic oxidation sites excluding steroid dienone is 5. The molecule has 0 saturated heterocycles. The molecule has 29 heavy (non-hydrogen) atoms. The molecule has 4 bridgehead atoms. The van der Waals surface area contributed by atoms with Crippen LogP contribution < -0.4 is 4.74 Å². The maximum absolute atomic E-state index is 10.7. The highest BCUT2D eigenvalue weighted by molar-refractivity contribution is 5.81. The summed E-state index contributed by atoms with van der Waals surface area (Å²) in [5.74, 6) is 2.86. The van der Waals surface area contributed by atoms with Crippen LogP contribution in [0.15, 0.2) is 48.1 Å². The van der Waals surface area contributed by atoms with Gasteiger partial charge in [0.2, 0.25) is 0 Å². The van der Waals surface area contributed by atoms with Crippen LogP contribution >= 0.6 is 0 Å². The first kappa shape index (κ1) is 20.0. The number of carboxylic acid groups (broad SMARTS) is 1. The summed E-state index contributed by atoms with van der Waals surface area (Å²) >= 11 is 0. The Hall–Kier alpha value is -2.29. The molecule has 1 aromatic carbocycles. The predicted octanol–water partition coefficient (Wildman–Crippen LogP) is 6.15. The van der Waals surface area contributed by atoms with Crippen molar-refractivity contribution in [2.75, 3.05) is 7.11 Å². The van der Waals surface area contributed by atoms with Gasteiger partial charge in [0.15, 0.2) is 0 Å². The van der Waals surface area contributed by atoms with E-state index in [1.54, 1.807) is 14.0 Å². The fourth-order valence-electron chi connectivity index (χ4n) is 6.50. The first-order chi connectivity index (χ1) is 13.9. The molecule has 0 aliphatic heterocycles. The molecule has 0 radical (unpaired) electrons. The van der Waals surface area contributed by atoms with Crippen LogP contribution in [0, 0.1) is 17.8 Å². The van der Waals surface area contributed by atoms with Crippen LogP contribution in [0.2, 0.25) is 0 Å². The maximum atomic E-state index is 10.7. The van der Waals surface area contributed by atoms with Gasteiger partial charge in [-0.05, 0) is 98.3 Å². The van der Waals surface area contributed by atoms with Crippen molar-refractivity contribution in [2.24, 2.45) is 17.8 Å². The fourth-order valence-corrected chi connectivity index (χ4v) is 6.50. The highest BCUT2D eigenvalue weighted by Gasteiger charge is 2.52. The second-order valence-corrected chi connectivity index (χ2v) is 9.55. The molecule has 154 valence electrons. The highest BCUT2D eigenvalue weighted by atomic mass is 16.5. The molecule has 0 unspecified atom stereocenters. The van der Waals surface area contributed by atoms with E-state index in [1.807, 2.05) is 18.2 Å². The van der Waals surface area contributed by atoms with Crippen LogP contribution in [-0.2, 0) is 10.2 Å². The van der Waals surface area contributed by atoms with Gasteiger partial charge in [-0.15, -0.1) is 0 Å². The van der Waals surface area contributed by atoms with E-state index in [0.717, 1.165) is 40.2 Å². The normalized spacial score (nSPS) is 31.5. The second kappa shape index (κ2) is 7.85. The van der Waals surface area contributed by atoms with Crippen molar-refractivity contribution in [3.05, 3.63) is 59.2 Å². The lowest BCUT2D eigenvalue weighted by Gasteiger charge is -2.57. The van der Waals surface area contributed by atoms with E-state index < -0.39 is 5.97 Å². The summed E-state index contributed by atoms with van der Waals surface area (Å²) in [6.45, 7) is 3.87. The topological polar surface area (TPSA) is 46.5 Å².